The Balaban J connectivity index is 1.23. The number of piperazine rings is 1. The first-order chi connectivity index (χ1) is 16.7. The van der Waals surface area contributed by atoms with Gasteiger partial charge in [0.1, 0.15) is 5.75 Å². The van der Waals surface area contributed by atoms with Gasteiger partial charge >= 0.3 is 0 Å². The van der Waals surface area contributed by atoms with Crippen molar-refractivity contribution in [2.45, 2.75) is 18.9 Å². The highest BCUT2D eigenvalue weighted by molar-refractivity contribution is 5.98. The molecular formula is C26H31N7O. The molecule has 0 unspecified atom stereocenters. The average Bonchev–Trinajstić information content (AvgIpc) is 3.31. The molecule has 2 fully saturated rings. The van der Waals surface area contributed by atoms with E-state index in [-0.39, 0.29) is 0 Å². The number of hydrogen-bond donors (Lipinski definition) is 0. The molecule has 8 nitrogen and oxygen atoms in total. The third-order valence-corrected chi connectivity index (χ3v) is 7.47. The Morgan fingerprint density at radius 1 is 0.912 bits per heavy atom. The molecule has 2 saturated heterocycles. The van der Waals surface area contributed by atoms with Crippen LogP contribution in [0.3, 0.4) is 0 Å². The molecule has 0 N–H and O–H groups in total. The molecule has 1 aromatic carbocycles. The van der Waals surface area contributed by atoms with Gasteiger partial charge in [0, 0.05) is 62.5 Å². The van der Waals surface area contributed by atoms with Crippen LogP contribution < -0.4 is 9.64 Å². The van der Waals surface area contributed by atoms with E-state index in [4.69, 9.17) is 9.72 Å². The van der Waals surface area contributed by atoms with Crippen molar-refractivity contribution < 1.29 is 4.74 Å². The zero-order valence-electron chi connectivity index (χ0n) is 19.9. The number of methoxy groups -OCH3 is 1. The highest BCUT2D eigenvalue weighted by Crippen LogP contribution is 2.33. The number of piperidine rings is 1. The largest absolute Gasteiger partial charge is 0.497 e. The first kappa shape index (κ1) is 21.3. The second-order valence-corrected chi connectivity index (χ2v) is 9.44. The molecule has 0 atom stereocenters. The number of likely N-dealkylation sites (N-methyl/N-ethyl adjacent to an activating group) is 1. The van der Waals surface area contributed by atoms with Gasteiger partial charge in [-0.1, -0.05) is 0 Å². The Hall–Kier alpha value is -3.23. The van der Waals surface area contributed by atoms with Gasteiger partial charge in [-0.2, -0.15) is 5.10 Å². The fraction of sp³-hybridized carbons (Fsp3) is 0.423. The second-order valence-electron chi connectivity index (χ2n) is 9.44. The summed E-state index contributed by atoms with van der Waals surface area (Å²) in [5.74, 6) is 0.813. The second kappa shape index (κ2) is 8.85. The summed E-state index contributed by atoms with van der Waals surface area (Å²) < 4.78 is 7.35. The Labute approximate surface area is 199 Å². The predicted molar refractivity (Wildman–Crippen MR) is 135 cm³/mol. The summed E-state index contributed by atoms with van der Waals surface area (Å²) in [4.78, 5) is 16.9. The molecule has 0 spiro atoms. The Morgan fingerprint density at radius 3 is 2.53 bits per heavy atom. The van der Waals surface area contributed by atoms with Crippen molar-refractivity contribution in [2.75, 3.05) is 58.3 Å². The van der Waals surface area contributed by atoms with Gasteiger partial charge in [-0.3, -0.25) is 9.88 Å². The highest BCUT2D eigenvalue weighted by Gasteiger charge is 2.27. The number of pyridine rings is 1. The maximum Gasteiger partial charge on any atom is 0.162 e. The van der Waals surface area contributed by atoms with E-state index in [9.17, 15) is 0 Å². The molecule has 0 amide bonds. The van der Waals surface area contributed by atoms with Crippen LogP contribution in [0, 0.1) is 0 Å². The van der Waals surface area contributed by atoms with Crippen LogP contribution >= 0.6 is 0 Å². The number of rotatable bonds is 4. The minimum Gasteiger partial charge on any atom is -0.497 e. The van der Waals surface area contributed by atoms with Crippen LogP contribution in [-0.2, 0) is 0 Å². The lowest BCUT2D eigenvalue weighted by Crippen LogP contribution is -2.52. The summed E-state index contributed by atoms with van der Waals surface area (Å²) in [6, 6.07) is 8.68. The standard InChI is InChI=1S/C26H31N7O/c1-30-11-13-32(14-12-30)19-6-9-31(10-7-19)20-16-28-26-24(17-29-33(26)18-20)22-5-8-27-25-4-3-21(34-2)15-23(22)25/h3-5,8,15-19H,6-7,9-14H2,1-2H3. The van der Waals surface area contributed by atoms with Gasteiger partial charge in [-0.25, -0.2) is 9.50 Å². The van der Waals surface area contributed by atoms with Crippen LogP contribution in [0.2, 0.25) is 0 Å². The lowest BCUT2D eigenvalue weighted by atomic mass is 10.0. The smallest absolute Gasteiger partial charge is 0.162 e. The van der Waals surface area contributed by atoms with E-state index in [0.29, 0.717) is 6.04 Å². The normalized spacial score (nSPS) is 18.7. The van der Waals surface area contributed by atoms with Gasteiger partial charge in [-0.15, -0.1) is 0 Å². The van der Waals surface area contributed by atoms with Crippen molar-refractivity contribution in [2.24, 2.45) is 0 Å². The lowest BCUT2D eigenvalue weighted by molar-refractivity contribution is 0.0982. The number of aromatic nitrogens is 4. The monoisotopic (exact) mass is 457 g/mol. The van der Waals surface area contributed by atoms with Crippen molar-refractivity contribution in [3.63, 3.8) is 0 Å². The third-order valence-electron chi connectivity index (χ3n) is 7.47. The fourth-order valence-electron chi connectivity index (χ4n) is 5.38. The van der Waals surface area contributed by atoms with Crippen LogP contribution in [0.15, 0.2) is 49.1 Å². The van der Waals surface area contributed by atoms with E-state index in [2.05, 4.69) is 38.0 Å². The molecule has 0 saturated carbocycles. The van der Waals surface area contributed by atoms with Crippen LogP contribution in [0.1, 0.15) is 12.8 Å². The zero-order valence-corrected chi connectivity index (χ0v) is 19.9. The predicted octanol–water partition coefficient (Wildman–Crippen LogP) is 3.17. The summed E-state index contributed by atoms with van der Waals surface area (Å²) in [7, 11) is 3.90. The molecule has 0 bridgehead atoms. The molecule has 8 heteroatoms. The lowest BCUT2D eigenvalue weighted by Gasteiger charge is -2.42. The van der Waals surface area contributed by atoms with E-state index in [1.807, 2.05) is 47.4 Å². The number of fused-ring (bicyclic) bond motifs is 2. The van der Waals surface area contributed by atoms with Gasteiger partial charge in [0.15, 0.2) is 5.65 Å². The van der Waals surface area contributed by atoms with E-state index in [1.165, 1.54) is 39.0 Å². The first-order valence-electron chi connectivity index (χ1n) is 12.1. The first-order valence-corrected chi connectivity index (χ1v) is 12.1. The van der Waals surface area contributed by atoms with Gasteiger partial charge in [0.05, 0.1) is 36.9 Å². The maximum atomic E-state index is 5.44. The molecule has 4 aromatic rings. The maximum absolute atomic E-state index is 5.44. The minimum absolute atomic E-state index is 0.704. The summed E-state index contributed by atoms with van der Waals surface area (Å²) in [5.41, 5.74) is 4.98. The van der Waals surface area contributed by atoms with E-state index < -0.39 is 0 Å². The van der Waals surface area contributed by atoms with Gasteiger partial charge < -0.3 is 14.5 Å². The van der Waals surface area contributed by atoms with Crippen molar-refractivity contribution >= 4 is 22.2 Å². The number of hydrogen-bond acceptors (Lipinski definition) is 7. The molecule has 0 radical (unpaired) electrons. The molecule has 2 aliphatic rings. The van der Waals surface area contributed by atoms with Crippen LogP contribution in [0.5, 0.6) is 5.75 Å². The SMILES string of the molecule is COc1ccc2nccc(-c3cnn4cc(N5CCC(N6CCN(C)CC6)CC5)cnc34)c2c1. The molecule has 34 heavy (non-hydrogen) atoms. The molecule has 3 aromatic heterocycles. The van der Waals surface area contributed by atoms with Gasteiger partial charge in [0.25, 0.3) is 0 Å². The number of anilines is 1. The Bertz CT molecular complexity index is 1300. The van der Waals surface area contributed by atoms with Crippen molar-refractivity contribution in [1.29, 1.82) is 0 Å². The van der Waals surface area contributed by atoms with Crippen molar-refractivity contribution in [1.82, 2.24) is 29.4 Å². The summed E-state index contributed by atoms with van der Waals surface area (Å²) in [6.45, 7) is 6.88. The average molecular weight is 458 g/mol. The molecule has 6 rings (SSSR count). The minimum atomic E-state index is 0.704. The van der Waals surface area contributed by atoms with E-state index in [1.54, 1.807) is 7.11 Å². The van der Waals surface area contributed by atoms with E-state index in [0.717, 1.165) is 52.2 Å². The van der Waals surface area contributed by atoms with Crippen molar-refractivity contribution in [3.05, 3.63) is 49.1 Å². The van der Waals surface area contributed by atoms with Gasteiger partial charge in [0.2, 0.25) is 0 Å². The van der Waals surface area contributed by atoms with Crippen molar-refractivity contribution in [3.8, 4) is 16.9 Å². The third kappa shape index (κ3) is 3.86. The quantitative estimate of drug-likeness (QED) is 0.466. The van der Waals surface area contributed by atoms with Gasteiger partial charge in [-0.05, 0) is 49.7 Å². The molecule has 176 valence electrons. The Morgan fingerprint density at radius 2 is 1.74 bits per heavy atom. The summed E-state index contributed by atoms with van der Waals surface area (Å²) in [5, 5.41) is 5.69. The molecular weight excluding hydrogens is 426 g/mol. The number of benzene rings is 1. The van der Waals surface area contributed by atoms with Crippen LogP contribution in [0.25, 0.3) is 27.7 Å². The zero-order chi connectivity index (χ0) is 23.1. The molecule has 0 aliphatic carbocycles. The number of nitrogens with zero attached hydrogens (tertiary/aromatic N) is 7. The Kier molecular flexibility index (Phi) is 5.55. The number of ether oxygens (including phenoxy) is 1. The molecule has 5 heterocycles. The summed E-state index contributed by atoms with van der Waals surface area (Å²) >= 11 is 0. The fourth-order valence-corrected chi connectivity index (χ4v) is 5.38. The van der Waals surface area contributed by atoms with E-state index >= 15 is 0 Å². The highest BCUT2D eigenvalue weighted by atomic mass is 16.5. The summed E-state index contributed by atoms with van der Waals surface area (Å²) in [6.07, 6.45) is 10.3. The van der Waals surface area contributed by atoms with Crippen LogP contribution in [-0.4, -0.2) is 88.8 Å². The topological polar surface area (TPSA) is 62.0 Å². The van der Waals surface area contributed by atoms with Crippen LogP contribution in [0.4, 0.5) is 5.69 Å². The molecule has 2 aliphatic heterocycles.